The maximum atomic E-state index is 12.6. The Morgan fingerprint density at radius 2 is 1.54 bits per heavy atom. The lowest BCUT2D eigenvalue weighted by atomic mass is 10.1. The van der Waals surface area contributed by atoms with Gasteiger partial charge in [0.25, 0.3) is 11.8 Å². The smallest absolute Gasteiger partial charge is 0.328 e. The number of benzene rings is 1. The molecule has 0 unspecified atom stereocenters. The molecule has 1 aromatic carbocycles. The van der Waals surface area contributed by atoms with Gasteiger partial charge in [-0.15, -0.1) is 11.3 Å². The zero-order valence-electron chi connectivity index (χ0n) is 22.5. The highest BCUT2D eigenvalue weighted by atomic mass is 32.1. The molecule has 39 heavy (non-hydrogen) atoms. The highest BCUT2D eigenvalue weighted by Gasteiger charge is 2.19. The van der Waals surface area contributed by atoms with Crippen LogP contribution in [0.5, 0.6) is 17.2 Å². The second-order valence-electron chi connectivity index (χ2n) is 8.41. The van der Waals surface area contributed by atoms with Crippen molar-refractivity contribution in [2.75, 3.05) is 32.6 Å². The largest absolute Gasteiger partial charge is 0.504 e. The van der Waals surface area contributed by atoms with Crippen LogP contribution in [0, 0.1) is 0 Å². The van der Waals surface area contributed by atoms with E-state index in [1.54, 1.807) is 5.38 Å². The summed E-state index contributed by atoms with van der Waals surface area (Å²) in [5.41, 5.74) is 0.343. The van der Waals surface area contributed by atoms with Gasteiger partial charge in [-0.25, -0.2) is 14.6 Å². The first-order valence-corrected chi connectivity index (χ1v) is 12.6. The summed E-state index contributed by atoms with van der Waals surface area (Å²) in [5, 5.41) is 32.9. The third kappa shape index (κ3) is 11.0. The molecule has 0 aliphatic rings. The molecule has 14 heteroatoms. The van der Waals surface area contributed by atoms with Gasteiger partial charge in [-0.3, -0.25) is 19.8 Å². The van der Waals surface area contributed by atoms with Gasteiger partial charge in [-0.2, -0.15) is 0 Å². The highest BCUT2D eigenvalue weighted by molar-refractivity contribution is 7.14. The Labute approximate surface area is 230 Å². The molecule has 2 amide bonds. The number of phenols is 1. The Balaban J connectivity index is 0.000000824. The van der Waals surface area contributed by atoms with Gasteiger partial charge in [-0.1, -0.05) is 0 Å². The Morgan fingerprint density at radius 1 is 0.974 bits per heavy atom. The van der Waals surface area contributed by atoms with Gasteiger partial charge >= 0.3 is 11.9 Å². The number of hydrogen-bond acceptors (Lipinski definition) is 10. The Bertz CT molecular complexity index is 1150. The molecule has 0 atom stereocenters. The van der Waals surface area contributed by atoms with E-state index < -0.39 is 17.8 Å². The number of aliphatic carboxylic acids is 2. The van der Waals surface area contributed by atoms with Crippen molar-refractivity contribution in [3.63, 3.8) is 0 Å². The topological polar surface area (TPSA) is 188 Å². The van der Waals surface area contributed by atoms with Gasteiger partial charge in [0, 0.05) is 54.8 Å². The first kappa shape index (κ1) is 32.9. The Hall–Kier alpha value is -4.17. The van der Waals surface area contributed by atoms with Crippen molar-refractivity contribution in [1.82, 2.24) is 15.2 Å². The van der Waals surface area contributed by atoms with Gasteiger partial charge < -0.3 is 30.1 Å². The lowest BCUT2D eigenvalue weighted by Gasteiger charge is -2.30. The lowest BCUT2D eigenvalue weighted by molar-refractivity contribution is -0.134. The van der Waals surface area contributed by atoms with E-state index in [0.717, 1.165) is 17.9 Å². The first-order valence-electron chi connectivity index (χ1n) is 11.7. The minimum atomic E-state index is -1.26. The third-order valence-corrected chi connectivity index (χ3v) is 5.81. The fourth-order valence-electron chi connectivity index (χ4n) is 3.30. The summed E-state index contributed by atoms with van der Waals surface area (Å²) in [6, 6.07) is 3.44. The summed E-state index contributed by atoms with van der Waals surface area (Å²) in [7, 11) is 2.81. The van der Waals surface area contributed by atoms with Crippen molar-refractivity contribution >= 4 is 40.2 Å². The molecule has 13 nitrogen and oxygen atoms in total. The molecule has 1 heterocycles. The number of amides is 2. The van der Waals surface area contributed by atoms with E-state index >= 15 is 0 Å². The van der Waals surface area contributed by atoms with Crippen LogP contribution in [-0.4, -0.2) is 88.3 Å². The van der Waals surface area contributed by atoms with Gasteiger partial charge in [0.05, 0.1) is 19.8 Å². The molecule has 0 aliphatic carbocycles. The van der Waals surface area contributed by atoms with Crippen LogP contribution < -0.4 is 20.1 Å². The molecule has 0 saturated heterocycles. The molecule has 0 fully saturated rings. The molecule has 2 aromatic rings. The van der Waals surface area contributed by atoms with Crippen LogP contribution in [0.4, 0.5) is 5.13 Å². The predicted octanol–water partition coefficient (Wildman–Crippen LogP) is 2.68. The van der Waals surface area contributed by atoms with Gasteiger partial charge in [0.15, 0.2) is 16.6 Å². The number of carbonyl (C=O) groups is 4. The van der Waals surface area contributed by atoms with Crippen LogP contribution in [0.1, 0.15) is 48.5 Å². The number of carboxylic acids is 2. The minimum absolute atomic E-state index is 0.115. The van der Waals surface area contributed by atoms with Crippen LogP contribution in [0.3, 0.4) is 0 Å². The van der Waals surface area contributed by atoms with Crippen molar-refractivity contribution in [3.8, 4) is 17.2 Å². The number of anilines is 1. The molecular weight excluding hydrogens is 532 g/mol. The van der Waals surface area contributed by atoms with Crippen LogP contribution in [-0.2, 0) is 9.59 Å². The molecule has 214 valence electrons. The molecule has 1 aromatic heterocycles. The van der Waals surface area contributed by atoms with E-state index in [9.17, 15) is 24.3 Å². The standard InChI is InChI=1S/C21H30N4O5S.C4H4O4/c1-12(2)25(13(3)4)8-7-22-20(28)15-11-31-21(23-15)24-19(27)14-9-16(26)18(30-6)10-17(14)29-5;5-3(6)1-2-4(7)8/h9-13,26H,7-8H2,1-6H3,(H,22,28)(H,23,24,27);1-2H,(H,5,6)(H,7,8)/b;2-1-. The normalized spacial score (nSPS) is 10.8. The van der Waals surface area contributed by atoms with E-state index in [0.29, 0.717) is 30.8 Å². The predicted molar refractivity (Wildman–Crippen MR) is 145 cm³/mol. The summed E-state index contributed by atoms with van der Waals surface area (Å²) in [4.78, 5) is 50.6. The first-order chi connectivity index (χ1) is 18.3. The van der Waals surface area contributed by atoms with E-state index in [2.05, 4.69) is 48.2 Å². The van der Waals surface area contributed by atoms with E-state index in [4.69, 9.17) is 19.7 Å². The molecule has 2 rings (SSSR count). The highest BCUT2D eigenvalue weighted by Crippen LogP contribution is 2.34. The summed E-state index contributed by atoms with van der Waals surface area (Å²) < 4.78 is 10.2. The maximum absolute atomic E-state index is 12.6. The number of carboxylic acid groups (broad SMARTS) is 2. The number of aromatic nitrogens is 1. The lowest BCUT2D eigenvalue weighted by Crippen LogP contribution is -2.42. The number of phenolic OH excluding ortho intramolecular Hbond substituents is 1. The number of thiazole rings is 1. The van der Waals surface area contributed by atoms with E-state index in [1.807, 2.05) is 0 Å². The van der Waals surface area contributed by atoms with Crippen molar-refractivity contribution < 1.29 is 44.0 Å². The average Bonchev–Trinajstić information content (AvgIpc) is 3.33. The van der Waals surface area contributed by atoms with Crippen molar-refractivity contribution in [1.29, 1.82) is 0 Å². The van der Waals surface area contributed by atoms with Crippen molar-refractivity contribution in [2.45, 2.75) is 39.8 Å². The number of rotatable bonds is 12. The summed E-state index contributed by atoms with van der Waals surface area (Å²) in [6.07, 6.45) is 1.12. The summed E-state index contributed by atoms with van der Waals surface area (Å²) in [5.74, 6) is -3.11. The number of nitrogens with one attached hydrogen (secondary N) is 2. The molecular formula is C25H34N4O9S. The second-order valence-corrected chi connectivity index (χ2v) is 9.27. The van der Waals surface area contributed by atoms with E-state index in [-0.39, 0.29) is 39.5 Å². The van der Waals surface area contributed by atoms with Crippen LogP contribution in [0.25, 0.3) is 0 Å². The van der Waals surface area contributed by atoms with Gasteiger partial charge in [0.2, 0.25) is 0 Å². The fraction of sp³-hybridized carbons (Fsp3) is 0.400. The average molecular weight is 567 g/mol. The number of nitrogens with zero attached hydrogens (tertiary/aromatic N) is 2. The number of methoxy groups -OCH3 is 2. The van der Waals surface area contributed by atoms with Crippen molar-refractivity contribution in [3.05, 3.63) is 40.9 Å². The number of carbonyl (C=O) groups excluding carboxylic acids is 2. The molecule has 0 spiro atoms. The zero-order chi connectivity index (χ0) is 29.7. The maximum Gasteiger partial charge on any atom is 0.328 e. The Kier molecular flexibility index (Phi) is 13.4. The summed E-state index contributed by atoms with van der Waals surface area (Å²) >= 11 is 1.13. The molecule has 5 N–H and O–H groups in total. The second kappa shape index (κ2) is 15.9. The van der Waals surface area contributed by atoms with Crippen LogP contribution in [0.15, 0.2) is 29.7 Å². The number of hydrogen-bond donors (Lipinski definition) is 5. The van der Waals surface area contributed by atoms with Crippen molar-refractivity contribution in [2.24, 2.45) is 0 Å². The number of aromatic hydroxyl groups is 1. The Morgan fingerprint density at radius 3 is 2.03 bits per heavy atom. The monoisotopic (exact) mass is 566 g/mol. The molecule has 0 aliphatic heterocycles. The van der Waals surface area contributed by atoms with Gasteiger partial charge in [0.1, 0.15) is 11.4 Å². The quantitative estimate of drug-likeness (QED) is 0.238. The van der Waals surface area contributed by atoms with Crippen LogP contribution >= 0.6 is 11.3 Å². The molecule has 0 saturated carbocycles. The minimum Gasteiger partial charge on any atom is -0.504 e. The third-order valence-electron chi connectivity index (χ3n) is 5.05. The summed E-state index contributed by atoms with van der Waals surface area (Å²) in [6.45, 7) is 9.71. The van der Waals surface area contributed by atoms with Gasteiger partial charge in [-0.05, 0) is 27.7 Å². The van der Waals surface area contributed by atoms with E-state index in [1.165, 1.54) is 26.4 Å². The molecule has 0 radical (unpaired) electrons. The fourth-order valence-corrected chi connectivity index (χ4v) is 3.99. The number of ether oxygens (including phenoxy) is 2. The SMILES string of the molecule is COc1cc(OC)c(C(=O)Nc2nc(C(=O)NCCN(C(C)C)C(C)C)cs2)cc1O.O=C(O)/C=C\C(=O)O. The molecule has 0 bridgehead atoms. The zero-order valence-corrected chi connectivity index (χ0v) is 23.4. The van der Waals surface area contributed by atoms with Crippen LogP contribution in [0.2, 0.25) is 0 Å².